The Bertz CT molecular complexity index is 799. The summed E-state index contributed by atoms with van der Waals surface area (Å²) < 4.78 is 11.6. The SMILES string of the molecule is C=C1C(=O)O[C@@H]2[C@H]3C(C)=CC[C@@H](OC(=O)c4cccnc4)[C@]3(C)CC[C@@H]12. The number of aromatic nitrogens is 1. The van der Waals surface area contributed by atoms with Crippen molar-refractivity contribution < 1.29 is 19.1 Å². The monoisotopic (exact) mass is 353 g/mol. The van der Waals surface area contributed by atoms with Crippen LogP contribution in [0.3, 0.4) is 0 Å². The second-order valence-electron chi connectivity index (χ2n) is 7.84. The molecule has 0 unspecified atom stereocenters. The summed E-state index contributed by atoms with van der Waals surface area (Å²) in [7, 11) is 0. The molecular weight excluding hydrogens is 330 g/mol. The largest absolute Gasteiger partial charge is 0.458 e. The van der Waals surface area contributed by atoms with Gasteiger partial charge >= 0.3 is 11.9 Å². The third kappa shape index (κ3) is 2.49. The zero-order valence-corrected chi connectivity index (χ0v) is 15.1. The maximum absolute atomic E-state index is 12.6. The molecule has 1 saturated carbocycles. The first-order valence-electron chi connectivity index (χ1n) is 9.09. The Balaban J connectivity index is 1.62. The third-order valence-electron chi connectivity index (χ3n) is 6.41. The van der Waals surface area contributed by atoms with Gasteiger partial charge in [-0.15, -0.1) is 0 Å². The molecule has 0 aromatic carbocycles. The highest BCUT2D eigenvalue weighted by Crippen LogP contribution is 2.56. The highest BCUT2D eigenvalue weighted by molar-refractivity contribution is 5.91. The molecular formula is C21H23NO4. The molecule has 3 aliphatic rings. The Hall–Kier alpha value is -2.43. The third-order valence-corrected chi connectivity index (χ3v) is 6.41. The molecule has 1 saturated heterocycles. The van der Waals surface area contributed by atoms with E-state index in [4.69, 9.17) is 9.47 Å². The summed E-state index contributed by atoms with van der Waals surface area (Å²) in [5.74, 6) is -0.529. The van der Waals surface area contributed by atoms with Crippen LogP contribution in [0.4, 0.5) is 0 Å². The topological polar surface area (TPSA) is 65.5 Å². The van der Waals surface area contributed by atoms with E-state index in [0.717, 1.165) is 12.8 Å². The van der Waals surface area contributed by atoms with Crippen LogP contribution in [0.2, 0.25) is 0 Å². The van der Waals surface area contributed by atoms with Crippen LogP contribution in [0, 0.1) is 17.3 Å². The Kier molecular flexibility index (Phi) is 3.98. The predicted octanol–water partition coefficient (Wildman–Crippen LogP) is 3.47. The van der Waals surface area contributed by atoms with E-state index in [-0.39, 0.29) is 41.4 Å². The van der Waals surface area contributed by atoms with Gasteiger partial charge in [-0.1, -0.05) is 25.2 Å². The minimum absolute atomic E-state index is 0.0462. The van der Waals surface area contributed by atoms with Crippen molar-refractivity contribution in [3.63, 3.8) is 0 Å². The normalized spacial score (nSPS) is 35.8. The van der Waals surface area contributed by atoms with Gasteiger partial charge in [-0.2, -0.15) is 0 Å². The highest BCUT2D eigenvalue weighted by atomic mass is 16.6. The van der Waals surface area contributed by atoms with E-state index in [1.54, 1.807) is 18.3 Å². The molecule has 0 bridgehead atoms. The van der Waals surface area contributed by atoms with Gasteiger partial charge in [0.05, 0.1) is 5.56 Å². The van der Waals surface area contributed by atoms with Crippen molar-refractivity contribution in [2.75, 3.05) is 0 Å². The van der Waals surface area contributed by atoms with Crippen molar-refractivity contribution in [2.45, 2.75) is 45.3 Å². The van der Waals surface area contributed by atoms with Gasteiger partial charge in [0.15, 0.2) is 0 Å². The number of rotatable bonds is 2. The molecule has 136 valence electrons. The lowest BCUT2D eigenvalue weighted by Gasteiger charge is -2.52. The number of esters is 2. The zero-order chi connectivity index (χ0) is 18.5. The summed E-state index contributed by atoms with van der Waals surface area (Å²) in [4.78, 5) is 28.6. The fourth-order valence-corrected chi connectivity index (χ4v) is 4.96. The lowest BCUT2D eigenvalue weighted by Crippen LogP contribution is -2.53. The number of carbonyl (C=O) groups is 2. The van der Waals surface area contributed by atoms with Crippen LogP contribution in [0.25, 0.3) is 0 Å². The van der Waals surface area contributed by atoms with Crippen LogP contribution >= 0.6 is 0 Å². The molecule has 0 spiro atoms. The molecule has 1 aromatic heterocycles. The summed E-state index contributed by atoms with van der Waals surface area (Å²) in [5.41, 5.74) is 1.98. The first-order chi connectivity index (χ1) is 12.4. The Morgan fingerprint density at radius 1 is 1.46 bits per heavy atom. The van der Waals surface area contributed by atoms with E-state index in [1.807, 2.05) is 0 Å². The summed E-state index contributed by atoms with van der Waals surface area (Å²) >= 11 is 0. The maximum Gasteiger partial charge on any atom is 0.340 e. The molecule has 2 fully saturated rings. The Labute approximate surface area is 153 Å². The number of carbonyl (C=O) groups excluding carboxylic acids is 2. The van der Waals surface area contributed by atoms with Crippen LogP contribution in [0.15, 0.2) is 48.3 Å². The molecule has 1 aliphatic heterocycles. The van der Waals surface area contributed by atoms with E-state index < -0.39 is 0 Å². The lowest BCUT2D eigenvalue weighted by atomic mass is 9.55. The molecule has 5 nitrogen and oxygen atoms in total. The standard InChI is InChI=1S/C21H23NO4/c1-12-6-7-16(25-20(24)14-5-4-10-22-11-14)21(3)9-8-15-13(2)19(23)26-18(15)17(12)21/h4-6,10-11,15-18H,2,7-9H2,1,3H3/t15-,16+,17+,18-,21-/m0/s1. The van der Waals surface area contributed by atoms with Crippen LogP contribution in [-0.4, -0.2) is 29.1 Å². The predicted molar refractivity (Wildman–Crippen MR) is 95.2 cm³/mol. The van der Waals surface area contributed by atoms with Gasteiger partial charge in [0.2, 0.25) is 0 Å². The Morgan fingerprint density at radius 3 is 3.00 bits per heavy atom. The zero-order valence-electron chi connectivity index (χ0n) is 15.1. The number of ether oxygens (including phenoxy) is 2. The molecule has 5 heteroatoms. The second-order valence-corrected chi connectivity index (χ2v) is 7.84. The lowest BCUT2D eigenvalue weighted by molar-refractivity contribution is -0.149. The number of nitrogens with zero attached hydrogens (tertiary/aromatic N) is 1. The van der Waals surface area contributed by atoms with Crippen LogP contribution in [0.5, 0.6) is 0 Å². The van der Waals surface area contributed by atoms with Gasteiger partial charge in [-0.3, -0.25) is 4.98 Å². The van der Waals surface area contributed by atoms with Crippen molar-refractivity contribution >= 4 is 11.9 Å². The molecule has 2 heterocycles. The minimum Gasteiger partial charge on any atom is -0.458 e. The summed E-state index contributed by atoms with van der Waals surface area (Å²) in [6.07, 6.45) is 7.18. The molecule has 0 amide bonds. The van der Waals surface area contributed by atoms with Gasteiger partial charge in [0.25, 0.3) is 0 Å². The number of fused-ring (bicyclic) bond motifs is 3. The maximum atomic E-state index is 12.6. The number of pyridine rings is 1. The van der Waals surface area contributed by atoms with Crippen LogP contribution < -0.4 is 0 Å². The molecule has 1 aromatic rings. The fraction of sp³-hybridized carbons (Fsp3) is 0.476. The summed E-state index contributed by atoms with van der Waals surface area (Å²) in [6.45, 7) is 8.16. The van der Waals surface area contributed by atoms with Gasteiger partial charge in [0.1, 0.15) is 12.2 Å². The Morgan fingerprint density at radius 2 is 2.27 bits per heavy atom. The van der Waals surface area contributed by atoms with Gasteiger partial charge in [-0.25, -0.2) is 9.59 Å². The smallest absolute Gasteiger partial charge is 0.340 e. The van der Waals surface area contributed by atoms with E-state index >= 15 is 0 Å². The van der Waals surface area contributed by atoms with E-state index in [0.29, 0.717) is 17.6 Å². The number of hydrogen-bond donors (Lipinski definition) is 0. The quantitative estimate of drug-likeness (QED) is 0.463. The van der Waals surface area contributed by atoms with E-state index in [9.17, 15) is 9.59 Å². The first kappa shape index (κ1) is 17.0. The van der Waals surface area contributed by atoms with E-state index in [1.165, 1.54) is 11.8 Å². The van der Waals surface area contributed by atoms with Crippen molar-refractivity contribution in [1.82, 2.24) is 4.98 Å². The van der Waals surface area contributed by atoms with E-state index in [2.05, 4.69) is 31.5 Å². The van der Waals surface area contributed by atoms with Crippen LogP contribution in [0.1, 0.15) is 43.5 Å². The van der Waals surface area contributed by atoms with Crippen molar-refractivity contribution in [2.24, 2.45) is 17.3 Å². The highest BCUT2D eigenvalue weighted by Gasteiger charge is 2.58. The minimum atomic E-state index is -0.356. The van der Waals surface area contributed by atoms with Crippen molar-refractivity contribution in [3.8, 4) is 0 Å². The summed E-state index contributed by atoms with van der Waals surface area (Å²) in [6, 6.07) is 3.43. The molecule has 0 N–H and O–H groups in total. The van der Waals surface area contributed by atoms with Crippen LogP contribution in [-0.2, 0) is 14.3 Å². The van der Waals surface area contributed by atoms with Crippen molar-refractivity contribution in [1.29, 1.82) is 0 Å². The average molecular weight is 353 g/mol. The van der Waals surface area contributed by atoms with Gasteiger partial charge < -0.3 is 9.47 Å². The van der Waals surface area contributed by atoms with Gasteiger partial charge in [0, 0.05) is 41.6 Å². The molecule has 5 atom stereocenters. The molecule has 2 aliphatic carbocycles. The first-order valence-corrected chi connectivity index (χ1v) is 9.09. The van der Waals surface area contributed by atoms with Gasteiger partial charge in [-0.05, 0) is 31.9 Å². The molecule has 0 radical (unpaired) electrons. The summed E-state index contributed by atoms with van der Waals surface area (Å²) in [5, 5.41) is 0. The number of hydrogen-bond acceptors (Lipinski definition) is 5. The molecule has 26 heavy (non-hydrogen) atoms. The average Bonchev–Trinajstić information content (AvgIpc) is 2.92. The molecule has 4 rings (SSSR count). The van der Waals surface area contributed by atoms with Crippen molar-refractivity contribution in [3.05, 3.63) is 53.9 Å². The fourth-order valence-electron chi connectivity index (χ4n) is 4.96. The second kappa shape index (κ2) is 6.08.